The zero-order valence-electron chi connectivity index (χ0n) is 10.9. The van der Waals surface area contributed by atoms with Crippen molar-refractivity contribution in [3.63, 3.8) is 0 Å². The average molecular weight is 272 g/mol. The molecule has 1 aromatic carbocycles. The standard InChI is InChI=1S/C14H21NO2.ClH/c1-16-11-12-17-14(7-9-15-10-8-14)13-5-3-2-4-6-13;/h2-6,15H,7-12H2,1H3;1H. The van der Waals surface area contributed by atoms with Crippen molar-refractivity contribution in [3.05, 3.63) is 35.9 Å². The molecule has 1 N–H and O–H groups in total. The highest BCUT2D eigenvalue weighted by atomic mass is 35.5. The molecule has 0 amide bonds. The van der Waals surface area contributed by atoms with Gasteiger partial charge in [-0.2, -0.15) is 0 Å². The normalized spacial score (nSPS) is 18.1. The maximum absolute atomic E-state index is 6.13. The van der Waals surface area contributed by atoms with Gasteiger partial charge in [0.05, 0.1) is 18.8 Å². The number of hydrogen-bond acceptors (Lipinski definition) is 3. The predicted octanol–water partition coefficient (Wildman–Crippen LogP) is 2.35. The summed E-state index contributed by atoms with van der Waals surface area (Å²) in [5, 5.41) is 3.39. The molecule has 0 saturated carbocycles. The van der Waals surface area contributed by atoms with Gasteiger partial charge < -0.3 is 14.8 Å². The Kier molecular flexibility index (Phi) is 6.65. The lowest BCUT2D eigenvalue weighted by Crippen LogP contribution is -2.42. The molecule has 3 nitrogen and oxygen atoms in total. The number of benzene rings is 1. The third-order valence-corrected chi connectivity index (χ3v) is 3.38. The van der Waals surface area contributed by atoms with E-state index in [9.17, 15) is 0 Å². The summed E-state index contributed by atoms with van der Waals surface area (Å²) in [6, 6.07) is 10.5. The Bertz CT molecular complexity index is 326. The average Bonchev–Trinajstić information content (AvgIpc) is 2.41. The van der Waals surface area contributed by atoms with E-state index in [4.69, 9.17) is 9.47 Å². The van der Waals surface area contributed by atoms with Gasteiger partial charge in [0, 0.05) is 7.11 Å². The van der Waals surface area contributed by atoms with Crippen LogP contribution in [-0.2, 0) is 15.1 Å². The Labute approximate surface area is 115 Å². The summed E-state index contributed by atoms with van der Waals surface area (Å²) in [5.41, 5.74) is 1.17. The quantitative estimate of drug-likeness (QED) is 0.834. The number of methoxy groups -OCH3 is 1. The lowest BCUT2D eigenvalue weighted by molar-refractivity contribution is -0.0855. The fourth-order valence-electron chi connectivity index (χ4n) is 2.41. The Hall–Kier alpha value is -0.610. The second kappa shape index (κ2) is 7.74. The van der Waals surface area contributed by atoms with E-state index in [1.807, 2.05) is 6.07 Å². The fourth-order valence-corrected chi connectivity index (χ4v) is 2.41. The number of hydrogen-bond donors (Lipinski definition) is 1. The second-order valence-electron chi connectivity index (χ2n) is 4.45. The Morgan fingerprint density at radius 1 is 1.11 bits per heavy atom. The van der Waals surface area contributed by atoms with Gasteiger partial charge in [0.2, 0.25) is 0 Å². The van der Waals surface area contributed by atoms with E-state index in [0.717, 1.165) is 25.9 Å². The Morgan fingerprint density at radius 2 is 1.78 bits per heavy atom. The van der Waals surface area contributed by atoms with E-state index in [0.29, 0.717) is 13.2 Å². The zero-order valence-corrected chi connectivity index (χ0v) is 11.7. The fraction of sp³-hybridized carbons (Fsp3) is 0.571. The van der Waals surface area contributed by atoms with Crippen molar-refractivity contribution in [3.8, 4) is 0 Å². The third-order valence-electron chi connectivity index (χ3n) is 3.38. The van der Waals surface area contributed by atoms with Crippen LogP contribution in [-0.4, -0.2) is 33.4 Å². The van der Waals surface area contributed by atoms with Gasteiger partial charge in [-0.05, 0) is 31.5 Å². The minimum atomic E-state index is -0.120. The van der Waals surface area contributed by atoms with Gasteiger partial charge >= 0.3 is 0 Å². The van der Waals surface area contributed by atoms with Crippen LogP contribution >= 0.6 is 12.4 Å². The van der Waals surface area contributed by atoms with Crippen LogP contribution in [0.4, 0.5) is 0 Å². The molecule has 2 rings (SSSR count). The summed E-state index contributed by atoms with van der Waals surface area (Å²) < 4.78 is 11.2. The Balaban J connectivity index is 0.00000162. The second-order valence-corrected chi connectivity index (χ2v) is 4.45. The minimum Gasteiger partial charge on any atom is -0.382 e. The van der Waals surface area contributed by atoms with Crippen LogP contribution in [0.2, 0.25) is 0 Å². The monoisotopic (exact) mass is 271 g/mol. The lowest BCUT2D eigenvalue weighted by Gasteiger charge is -2.38. The molecule has 1 aliphatic heterocycles. The van der Waals surface area contributed by atoms with E-state index >= 15 is 0 Å². The van der Waals surface area contributed by atoms with Crippen LogP contribution in [0.25, 0.3) is 0 Å². The molecule has 0 atom stereocenters. The van der Waals surface area contributed by atoms with Gasteiger partial charge in [-0.15, -0.1) is 12.4 Å². The van der Waals surface area contributed by atoms with Crippen molar-refractivity contribution in [2.45, 2.75) is 18.4 Å². The first kappa shape index (κ1) is 15.4. The van der Waals surface area contributed by atoms with Crippen LogP contribution in [0, 0.1) is 0 Å². The molecule has 0 aliphatic carbocycles. The molecule has 1 aromatic rings. The molecule has 102 valence electrons. The first-order valence-corrected chi connectivity index (χ1v) is 6.26. The zero-order chi connectivity index (χ0) is 12.0. The topological polar surface area (TPSA) is 30.5 Å². The van der Waals surface area contributed by atoms with Crippen molar-refractivity contribution >= 4 is 12.4 Å². The van der Waals surface area contributed by atoms with Gasteiger partial charge in [0.1, 0.15) is 0 Å². The van der Waals surface area contributed by atoms with Crippen LogP contribution in [0.15, 0.2) is 30.3 Å². The molecule has 0 radical (unpaired) electrons. The van der Waals surface area contributed by atoms with Crippen molar-refractivity contribution in [1.29, 1.82) is 0 Å². The van der Waals surface area contributed by atoms with Crippen molar-refractivity contribution in [2.75, 3.05) is 33.4 Å². The van der Waals surface area contributed by atoms with Crippen LogP contribution in [0.3, 0.4) is 0 Å². The molecular weight excluding hydrogens is 250 g/mol. The van der Waals surface area contributed by atoms with E-state index in [2.05, 4.69) is 29.6 Å². The number of rotatable bonds is 5. The number of halogens is 1. The maximum Gasteiger partial charge on any atom is 0.0956 e. The Morgan fingerprint density at radius 3 is 2.39 bits per heavy atom. The van der Waals surface area contributed by atoms with Crippen LogP contribution < -0.4 is 5.32 Å². The first-order chi connectivity index (χ1) is 8.37. The molecule has 0 bridgehead atoms. The van der Waals surface area contributed by atoms with Gasteiger partial charge in [-0.1, -0.05) is 30.3 Å². The molecule has 1 aliphatic rings. The molecule has 0 unspecified atom stereocenters. The molecular formula is C14H22ClNO2. The highest BCUT2D eigenvalue weighted by Gasteiger charge is 2.34. The van der Waals surface area contributed by atoms with Gasteiger partial charge in [0.15, 0.2) is 0 Å². The predicted molar refractivity (Wildman–Crippen MR) is 75.3 cm³/mol. The highest BCUT2D eigenvalue weighted by molar-refractivity contribution is 5.85. The van der Waals surface area contributed by atoms with Crippen molar-refractivity contribution in [2.24, 2.45) is 0 Å². The maximum atomic E-state index is 6.13. The van der Waals surface area contributed by atoms with Gasteiger partial charge in [0.25, 0.3) is 0 Å². The van der Waals surface area contributed by atoms with E-state index in [1.54, 1.807) is 7.11 Å². The first-order valence-electron chi connectivity index (χ1n) is 6.26. The number of nitrogens with one attached hydrogen (secondary N) is 1. The molecule has 1 fully saturated rings. The van der Waals surface area contributed by atoms with Gasteiger partial charge in [-0.3, -0.25) is 0 Å². The summed E-state index contributed by atoms with van der Waals surface area (Å²) in [6.07, 6.45) is 2.06. The number of ether oxygens (including phenoxy) is 2. The molecule has 0 spiro atoms. The van der Waals surface area contributed by atoms with Crippen LogP contribution in [0.5, 0.6) is 0 Å². The molecule has 4 heteroatoms. The summed E-state index contributed by atoms with van der Waals surface area (Å²) in [7, 11) is 1.71. The SMILES string of the molecule is COCCOC1(c2ccccc2)CCNCC1.Cl. The molecule has 18 heavy (non-hydrogen) atoms. The van der Waals surface area contributed by atoms with Crippen LogP contribution in [0.1, 0.15) is 18.4 Å². The number of piperidine rings is 1. The molecule has 1 saturated heterocycles. The summed E-state index contributed by atoms with van der Waals surface area (Å²) in [4.78, 5) is 0. The highest BCUT2D eigenvalue weighted by Crippen LogP contribution is 2.34. The molecule has 0 aromatic heterocycles. The third kappa shape index (κ3) is 3.69. The largest absolute Gasteiger partial charge is 0.382 e. The van der Waals surface area contributed by atoms with E-state index in [1.165, 1.54) is 5.56 Å². The molecule has 1 heterocycles. The minimum absolute atomic E-state index is 0. The summed E-state index contributed by atoms with van der Waals surface area (Å²) >= 11 is 0. The van der Waals surface area contributed by atoms with Gasteiger partial charge in [-0.25, -0.2) is 0 Å². The van der Waals surface area contributed by atoms with E-state index in [-0.39, 0.29) is 18.0 Å². The van der Waals surface area contributed by atoms with E-state index < -0.39 is 0 Å². The summed E-state index contributed by atoms with van der Waals surface area (Å²) in [5.74, 6) is 0. The van der Waals surface area contributed by atoms with Crippen molar-refractivity contribution in [1.82, 2.24) is 5.32 Å². The lowest BCUT2D eigenvalue weighted by atomic mass is 9.85. The van der Waals surface area contributed by atoms with Crippen molar-refractivity contribution < 1.29 is 9.47 Å². The smallest absolute Gasteiger partial charge is 0.0956 e. The summed E-state index contributed by atoms with van der Waals surface area (Å²) in [6.45, 7) is 3.34.